The van der Waals surface area contributed by atoms with Crippen LogP contribution < -0.4 is 10.6 Å². The summed E-state index contributed by atoms with van der Waals surface area (Å²) in [4.78, 5) is 16.9. The van der Waals surface area contributed by atoms with Crippen LogP contribution in [0.5, 0.6) is 5.75 Å². The average molecular weight is 347 g/mol. The van der Waals surface area contributed by atoms with Crippen molar-refractivity contribution in [1.82, 2.24) is 0 Å². The first-order chi connectivity index (χ1) is 12.2. The zero-order valence-electron chi connectivity index (χ0n) is 13.3. The van der Waals surface area contributed by atoms with Crippen LogP contribution in [0.25, 0.3) is 20.9 Å². The fourth-order valence-electron chi connectivity index (χ4n) is 1.78. The first-order valence-corrected chi connectivity index (χ1v) is 7.19. The van der Waals surface area contributed by atoms with Crippen LogP contribution in [0.3, 0.4) is 0 Å². The average Bonchev–Trinajstić information content (AvgIpc) is 2.63. The summed E-state index contributed by atoms with van der Waals surface area (Å²) in [6.45, 7) is -0.156. The lowest BCUT2D eigenvalue weighted by Gasteiger charge is -2.14. The summed E-state index contributed by atoms with van der Waals surface area (Å²) < 4.78 is 10.4. The molecule has 0 bridgehead atoms. The highest BCUT2D eigenvalue weighted by atomic mass is 16.6. The van der Waals surface area contributed by atoms with Gasteiger partial charge in [-0.3, -0.25) is 0 Å². The first kappa shape index (κ1) is 19.6. The summed E-state index contributed by atoms with van der Waals surface area (Å²) in [5.74, 6) is 4.75. The molecule has 1 aromatic rings. The van der Waals surface area contributed by atoms with Crippen molar-refractivity contribution in [3.63, 3.8) is 0 Å². The van der Waals surface area contributed by atoms with Crippen molar-refractivity contribution in [1.29, 1.82) is 0 Å². The highest BCUT2D eigenvalue weighted by Gasteiger charge is 2.13. The van der Waals surface area contributed by atoms with Gasteiger partial charge in [0.1, 0.15) is 11.9 Å². The summed E-state index contributed by atoms with van der Waals surface area (Å²) in [6, 6.07) is 7.12. The Bertz CT molecular complexity index is 661. The van der Waals surface area contributed by atoms with Crippen LogP contribution in [0, 0.1) is 0 Å². The van der Waals surface area contributed by atoms with E-state index >= 15 is 0 Å². The Morgan fingerprint density at radius 1 is 1.24 bits per heavy atom. The summed E-state index contributed by atoms with van der Waals surface area (Å²) in [5.41, 5.74) is 17.5. The number of nitrogens with two attached hydrogens (primary N) is 1. The normalized spacial score (nSPS) is 11.2. The second kappa shape index (κ2) is 12.0. The van der Waals surface area contributed by atoms with E-state index in [4.69, 9.17) is 26.4 Å². The molecule has 0 aliphatic rings. The fourth-order valence-corrected chi connectivity index (χ4v) is 1.78. The molecule has 0 unspecified atom stereocenters. The number of esters is 1. The number of azide groups is 2. The lowest BCUT2D eigenvalue weighted by Crippen LogP contribution is -2.27. The number of hydrogen-bond acceptors (Lipinski definition) is 7. The van der Waals surface area contributed by atoms with Crippen LogP contribution in [-0.2, 0) is 16.0 Å². The third-order valence-corrected chi connectivity index (χ3v) is 2.83. The molecule has 25 heavy (non-hydrogen) atoms. The lowest BCUT2D eigenvalue weighted by molar-refractivity contribution is -0.150. The molecule has 2 N–H and O–H groups in total. The monoisotopic (exact) mass is 347 g/mol. The third-order valence-electron chi connectivity index (χ3n) is 2.83. The quantitative estimate of drug-likeness (QED) is 0.161. The van der Waals surface area contributed by atoms with E-state index in [-0.39, 0.29) is 19.7 Å². The summed E-state index contributed by atoms with van der Waals surface area (Å²) in [7, 11) is 0. The van der Waals surface area contributed by atoms with Gasteiger partial charge in [-0.1, -0.05) is 27.6 Å². The molecule has 0 aliphatic carbocycles. The van der Waals surface area contributed by atoms with Crippen molar-refractivity contribution >= 4 is 5.97 Å². The molecule has 0 fully saturated rings. The molecule has 0 amide bonds. The number of benzene rings is 1. The molecular weight excluding hydrogens is 330 g/mol. The molecular formula is C13H17N9O3. The van der Waals surface area contributed by atoms with Crippen molar-refractivity contribution < 1.29 is 14.3 Å². The second-order valence-corrected chi connectivity index (χ2v) is 4.61. The molecule has 12 heteroatoms. The van der Waals surface area contributed by atoms with Gasteiger partial charge in [-0.05, 0) is 35.2 Å². The number of ether oxygens (including phenoxy) is 2. The van der Waals surface area contributed by atoms with E-state index in [9.17, 15) is 4.79 Å². The van der Waals surface area contributed by atoms with Gasteiger partial charge < -0.3 is 15.3 Å². The van der Waals surface area contributed by atoms with Gasteiger partial charge >= 0.3 is 5.97 Å². The Morgan fingerprint density at radius 3 is 2.60 bits per heavy atom. The topological polar surface area (TPSA) is 184 Å². The summed E-state index contributed by atoms with van der Waals surface area (Å²) >= 11 is 0. The standard InChI is InChI=1S/C13H17N9O3/c14-20-17-5-4-10-2-1-3-11(6-10)24-9-13(23)25-12(7-18-21-15)8-19-22-16/h1-3,6,12H,4-5,7-9H2,(H2,14,17). The minimum atomic E-state index is -0.837. The van der Waals surface area contributed by atoms with E-state index in [0.29, 0.717) is 18.7 Å². The maximum Gasteiger partial charge on any atom is 0.344 e. The van der Waals surface area contributed by atoms with Crippen LogP contribution in [0.1, 0.15) is 5.56 Å². The Balaban J connectivity index is 2.52. The van der Waals surface area contributed by atoms with Crippen molar-refractivity contribution in [3.05, 3.63) is 50.7 Å². The summed E-state index contributed by atoms with van der Waals surface area (Å²) in [5, 5.41) is 13.4. The highest BCUT2D eigenvalue weighted by molar-refractivity contribution is 5.71. The third kappa shape index (κ3) is 8.65. The Morgan fingerprint density at radius 2 is 1.96 bits per heavy atom. The molecule has 1 aromatic carbocycles. The van der Waals surface area contributed by atoms with Gasteiger partial charge in [0.05, 0.1) is 19.6 Å². The zero-order valence-corrected chi connectivity index (χ0v) is 13.3. The maximum atomic E-state index is 11.8. The molecule has 0 aliphatic heterocycles. The Kier molecular flexibility index (Phi) is 9.38. The van der Waals surface area contributed by atoms with E-state index in [1.54, 1.807) is 18.2 Å². The van der Waals surface area contributed by atoms with E-state index in [2.05, 4.69) is 30.4 Å². The molecule has 1 rings (SSSR count). The molecule has 12 nitrogen and oxygen atoms in total. The molecule has 0 radical (unpaired) electrons. The van der Waals surface area contributed by atoms with E-state index in [0.717, 1.165) is 5.56 Å². The van der Waals surface area contributed by atoms with Crippen LogP contribution >= 0.6 is 0 Å². The SMILES string of the molecule is [N-]=[N+]=NCC(CN=[N+]=[N-])OC(=O)COc1cccc(CCN=NN)c1. The molecule has 0 saturated heterocycles. The summed E-state index contributed by atoms with van der Waals surface area (Å²) in [6.07, 6.45) is -0.209. The predicted octanol–water partition coefficient (Wildman–Crippen LogP) is 2.47. The Labute approximate surface area is 142 Å². The number of rotatable bonds is 11. The zero-order chi connectivity index (χ0) is 18.3. The van der Waals surface area contributed by atoms with Crippen molar-refractivity contribution in [2.75, 3.05) is 26.2 Å². The molecule has 0 atom stereocenters. The fraction of sp³-hybridized carbons (Fsp3) is 0.462. The van der Waals surface area contributed by atoms with E-state index < -0.39 is 12.1 Å². The van der Waals surface area contributed by atoms with Gasteiger partial charge in [0, 0.05) is 9.82 Å². The number of hydrogen-bond donors (Lipinski definition) is 1. The maximum absolute atomic E-state index is 11.8. The molecule has 0 saturated carbocycles. The van der Waals surface area contributed by atoms with E-state index in [1.807, 2.05) is 6.07 Å². The van der Waals surface area contributed by atoms with Crippen LogP contribution in [0.15, 0.2) is 44.8 Å². The number of nitrogens with zero attached hydrogens (tertiary/aromatic N) is 8. The van der Waals surface area contributed by atoms with Gasteiger partial charge in [-0.25, -0.2) is 4.79 Å². The van der Waals surface area contributed by atoms with Gasteiger partial charge in [0.15, 0.2) is 6.61 Å². The predicted molar refractivity (Wildman–Crippen MR) is 87.5 cm³/mol. The first-order valence-electron chi connectivity index (χ1n) is 7.19. The Hall–Kier alpha value is -3.49. The largest absolute Gasteiger partial charge is 0.482 e. The van der Waals surface area contributed by atoms with Crippen molar-refractivity contribution in [3.8, 4) is 5.75 Å². The van der Waals surface area contributed by atoms with Crippen LogP contribution in [-0.4, -0.2) is 38.3 Å². The lowest BCUT2D eigenvalue weighted by atomic mass is 10.1. The van der Waals surface area contributed by atoms with Gasteiger partial charge in [-0.15, -0.1) is 0 Å². The second-order valence-electron chi connectivity index (χ2n) is 4.61. The smallest absolute Gasteiger partial charge is 0.344 e. The number of carbonyl (C=O) groups excluding carboxylic acids is 1. The van der Waals surface area contributed by atoms with Crippen LogP contribution in [0.4, 0.5) is 0 Å². The molecule has 0 spiro atoms. The van der Waals surface area contributed by atoms with Gasteiger partial charge in [0.25, 0.3) is 0 Å². The van der Waals surface area contributed by atoms with Gasteiger partial charge in [-0.2, -0.15) is 5.11 Å². The molecule has 132 valence electrons. The minimum Gasteiger partial charge on any atom is -0.482 e. The number of carbonyl (C=O) groups is 1. The van der Waals surface area contributed by atoms with Gasteiger partial charge in [0.2, 0.25) is 0 Å². The molecule has 0 heterocycles. The minimum absolute atomic E-state index is 0.132. The highest BCUT2D eigenvalue weighted by Crippen LogP contribution is 2.14. The molecule has 0 aromatic heterocycles. The van der Waals surface area contributed by atoms with E-state index in [1.165, 1.54) is 0 Å². The van der Waals surface area contributed by atoms with Crippen molar-refractivity contribution in [2.45, 2.75) is 12.5 Å². The van der Waals surface area contributed by atoms with Crippen LogP contribution in [0.2, 0.25) is 0 Å². The van der Waals surface area contributed by atoms with Crippen molar-refractivity contribution in [2.24, 2.45) is 26.4 Å².